The van der Waals surface area contributed by atoms with Crippen molar-refractivity contribution >= 4 is 29.7 Å². The second-order valence-electron chi connectivity index (χ2n) is 4.10. The lowest BCUT2D eigenvalue weighted by molar-refractivity contribution is 0.560. The van der Waals surface area contributed by atoms with Crippen molar-refractivity contribution in [1.29, 1.82) is 0 Å². The van der Waals surface area contributed by atoms with Gasteiger partial charge in [-0.2, -0.15) is 10.2 Å². The summed E-state index contributed by atoms with van der Waals surface area (Å²) in [7, 11) is 3.93. The molecule has 1 aromatic heterocycles. The zero-order valence-electron chi connectivity index (χ0n) is 10.7. The smallest absolute Gasteiger partial charge is 0.146 e. The van der Waals surface area contributed by atoms with Crippen molar-refractivity contribution in [2.24, 2.45) is 10.2 Å². The Hall–Kier alpha value is -2.07. The van der Waals surface area contributed by atoms with Gasteiger partial charge in [-0.15, -0.1) is 0 Å². The maximum absolute atomic E-state index is 6.16. The molecule has 0 aliphatic carbocycles. The fourth-order valence-electron chi connectivity index (χ4n) is 1.45. The molecule has 98 valence electrons. The largest absolute Gasteiger partial charge is 0.463 e. The van der Waals surface area contributed by atoms with E-state index in [1.165, 1.54) is 0 Å². The van der Waals surface area contributed by atoms with E-state index >= 15 is 0 Å². The van der Waals surface area contributed by atoms with E-state index in [9.17, 15) is 0 Å². The standard InChI is InChI=1S/C14H14ClN3O/c1-18(2)12-6-5-11(14(15)8-12)9-16-17-10-13-4-3-7-19-13/h3-10H,1-2H3/b16-9-,17-10-. The summed E-state index contributed by atoms with van der Waals surface area (Å²) in [6.45, 7) is 0. The molecule has 0 atom stereocenters. The predicted molar refractivity (Wildman–Crippen MR) is 79.7 cm³/mol. The van der Waals surface area contributed by atoms with E-state index in [1.54, 1.807) is 30.8 Å². The van der Waals surface area contributed by atoms with E-state index in [2.05, 4.69) is 10.2 Å². The van der Waals surface area contributed by atoms with Crippen LogP contribution in [0.3, 0.4) is 0 Å². The average molecular weight is 276 g/mol. The fraction of sp³-hybridized carbons (Fsp3) is 0.143. The molecule has 0 aliphatic heterocycles. The number of hydrogen-bond acceptors (Lipinski definition) is 4. The molecule has 19 heavy (non-hydrogen) atoms. The highest BCUT2D eigenvalue weighted by molar-refractivity contribution is 6.33. The van der Waals surface area contributed by atoms with Crippen molar-refractivity contribution in [3.63, 3.8) is 0 Å². The first-order valence-electron chi connectivity index (χ1n) is 5.73. The summed E-state index contributed by atoms with van der Waals surface area (Å²) in [6.07, 6.45) is 4.74. The van der Waals surface area contributed by atoms with Gasteiger partial charge in [0.15, 0.2) is 0 Å². The van der Waals surface area contributed by atoms with Crippen molar-refractivity contribution in [1.82, 2.24) is 0 Å². The Labute approximate surface area is 117 Å². The van der Waals surface area contributed by atoms with E-state index in [1.807, 2.05) is 37.2 Å². The first kappa shape index (κ1) is 13.4. The summed E-state index contributed by atoms with van der Waals surface area (Å²) in [5.41, 5.74) is 1.87. The second-order valence-corrected chi connectivity index (χ2v) is 4.51. The third-order valence-electron chi connectivity index (χ3n) is 2.49. The van der Waals surface area contributed by atoms with Crippen LogP contribution in [0.4, 0.5) is 5.69 Å². The molecule has 0 aliphatic rings. The van der Waals surface area contributed by atoms with Crippen LogP contribution in [-0.4, -0.2) is 26.5 Å². The molecule has 4 nitrogen and oxygen atoms in total. The van der Waals surface area contributed by atoms with Gasteiger partial charge >= 0.3 is 0 Å². The normalized spacial score (nSPS) is 11.5. The molecule has 1 aromatic carbocycles. The van der Waals surface area contributed by atoms with Crippen LogP contribution in [0.15, 0.2) is 51.2 Å². The van der Waals surface area contributed by atoms with Gasteiger partial charge in [0.05, 0.1) is 23.7 Å². The molecule has 0 bridgehead atoms. The average Bonchev–Trinajstić information content (AvgIpc) is 2.89. The Kier molecular flexibility index (Phi) is 4.36. The molecule has 0 N–H and O–H groups in total. The summed E-state index contributed by atoms with van der Waals surface area (Å²) >= 11 is 6.16. The molecule has 0 fully saturated rings. The molecular formula is C14H14ClN3O. The van der Waals surface area contributed by atoms with Gasteiger partial charge in [0.2, 0.25) is 0 Å². The van der Waals surface area contributed by atoms with Crippen LogP contribution in [-0.2, 0) is 0 Å². The highest BCUT2D eigenvalue weighted by Crippen LogP contribution is 2.21. The maximum Gasteiger partial charge on any atom is 0.146 e. The van der Waals surface area contributed by atoms with Gasteiger partial charge in [-0.05, 0) is 30.3 Å². The van der Waals surface area contributed by atoms with Gasteiger partial charge in [0.1, 0.15) is 5.76 Å². The number of hydrogen-bond donors (Lipinski definition) is 0. The highest BCUT2D eigenvalue weighted by Gasteiger charge is 2.00. The summed E-state index contributed by atoms with van der Waals surface area (Å²) in [5.74, 6) is 0.659. The molecular weight excluding hydrogens is 262 g/mol. The third-order valence-corrected chi connectivity index (χ3v) is 2.82. The lowest BCUT2D eigenvalue weighted by Gasteiger charge is -2.12. The zero-order chi connectivity index (χ0) is 13.7. The van der Waals surface area contributed by atoms with Crippen LogP contribution < -0.4 is 4.90 Å². The summed E-state index contributed by atoms with van der Waals surface area (Å²) in [6, 6.07) is 9.37. The van der Waals surface area contributed by atoms with Crippen LogP contribution in [0.25, 0.3) is 0 Å². The zero-order valence-corrected chi connectivity index (χ0v) is 11.5. The van der Waals surface area contributed by atoms with Crippen LogP contribution in [0.5, 0.6) is 0 Å². The first-order valence-corrected chi connectivity index (χ1v) is 6.11. The fourth-order valence-corrected chi connectivity index (χ4v) is 1.67. The van der Waals surface area contributed by atoms with Crippen LogP contribution in [0.1, 0.15) is 11.3 Å². The molecule has 2 rings (SSSR count). The number of furan rings is 1. The molecule has 1 heterocycles. The Morgan fingerprint density at radius 3 is 2.58 bits per heavy atom. The summed E-state index contributed by atoms with van der Waals surface area (Å²) < 4.78 is 5.10. The Morgan fingerprint density at radius 1 is 1.16 bits per heavy atom. The van der Waals surface area contributed by atoms with E-state index in [0.29, 0.717) is 10.8 Å². The van der Waals surface area contributed by atoms with Gasteiger partial charge in [-0.3, -0.25) is 0 Å². The van der Waals surface area contributed by atoms with Crippen molar-refractivity contribution in [2.75, 3.05) is 19.0 Å². The van der Waals surface area contributed by atoms with Crippen molar-refractivity contribution in [2.45, 2.75) is 0 Å². The minimum absolute atomic E-state index is 0.642. The number of anilines is 1. The lowest BCUT2D eigenvalue weighted by Crippen LogP contribution is -2.08. The van der Waals surface area contributed by atoms with Crippen molar-refractivity contribution in [3.8, 4) is 0 Å². The van der Waals surface area contributed by atoms with E-state index in [-0.39, 0.29) is 0 Å². The molecule has 5 heteroatoms. The minimum atomic E-state index is 0.642. The Morgan fingerprint density at radius 2 is 1.95 bits per heavy atom. The van der Waals surface area contributed by atoms with Crippen molar-refractivity contribution in [3.05, 3.63) is 52.9 Å². The van der Waals surface area contributed by atoms with E-state index in [0.717, 1.165) is 11.3 Å². The topological polar surface area (TPSA) is 41.1 Å². The molecule has 2 aromatic rings. The van der Waals surface area contributed by atoms with E-state index < -0.39 is 0 Å². The molecule has 0 unspecified atom stereocenters. The molecule has 0 radical (unpaired) electrons. The Bertz CT molecular complexity index is 589. The van der Waals surface area contributed by atoms with Gasteiger partial charge in [0, 0.05) is 25.3 Å². The lowest BCUT2D eigenvalue weighted by atomic mass is 10.2. The van der Waals surface area contributed by atoms with Crippen LogP contribution >= 0.6 is 11.6 Å². The van der Waals surface area contributed by atoms with Crippen LogP contribution in [0.2, 0.25) is 5.02 Å². The second kappa shape index (κ2) is 6.20. The monoisotopic (exact) mass is 275 g/mol. The highest BCUT2D eigenvalue weighted by atomic mass is 35.5. The minimum Gasteiger partial charge on any atom is -0.463 e. The molecule has 0 saturated heterocycles. The number of rotatable bonds is 4. The molecule has 0 spiro atoms. The quantitative estimate of drug-likeness (QED) is 0.633. The summed E-state index contributed by atoms with van der Waals surface area (Å²) in [4.78, 5) is 1.99. The van der Waals surface area contributed by atoms with Gasteiger partial charge in [-0.1, -0.05) is 11.6 Å². The van der Waals surface area contributed by atoms with Gasteiger partial charge in [0.25, 0.3) is 0 Å². The summed E-state index contributed by atoms with van der Waals surface area (Å²) in [5, 5.41) is 8.47. The molecule has 0 amide bonds. The van der Waals surface area contributed by atoms with Gasteiger partial charge in [-0.25, -0.2) is 0 Å². The Balaban J connectivity index is 2.07. The maximum atomic E-state index is 6.16. The molecule has 0 saturated carbocycles. The SMILES string of the molecule is CN(C)c1ccc(/C=N\N=C/c2ccco2)c(Cl)c1. The number of halogens is 1. The van der Waals surface area contributed by atoms with Crippen molar-refractivity contribution < 1.29 is 4.42 Å². The third kappa shape index (κ3) is 3.69. The first-order chi connectivity index (χ1) is 9.16. The predicted octanol–water partition coefficient (Wildman–Crippen LogP) is 3.45. The number of benzene rings is 1. The van der Waals surface area contributed by atoms with E-state index in [4.69, 9.17) is 16.0 Å². The number of nitrogens with zero attached hydrogens (tertiary/aromatic N) is 3. The van der Waals surface area contributed by atoms with Crippen LogP contribution in [0, 0.1) is 0 Å². The van der Waals surface area contributed by atoms with Gasteiger partial charge < -0.3 is 9.32 Å².